The number of rotatable bonds is 3. The van der Waals surface area contributed by atoms with Crippen molar-refractivity contribution in [1.82, 2.24) is 14.5 Å². The first kappa shape index (κ1) is 18.4. The number of carbonyl (C=O) groups excluding carboxylic acids is 1. The van der Waals surface area contributed by atoms with Crippen LogP contribution in [0.3, 0.4) is 0 Å². The highest BCUT2D eigenvalue weighted by molar-refractivity contribution is 5.97. The minimum atomic E-state index is -0.313. The van der Waals surface area contributed by atoms with Gasteiger partial charge in [-0.15, -0.1) is 0 Å². The summed E-state index contributed by atoms with van der Waals surface area (Å²) in [5.74, 6) is -0.250. The normalized spacial score (nSPS) is 19.7. The van der Waals surface area contributed by atoms with Crippen molar-refractivity contribution in [3.8, 4) is 0 Å². The van der Waals surface area contributed by atoms with Gasteiger partial charge in [0.15, 0.2) is 0 Å². The van der Waals surface area contributed by atoms with Gasteiger partial charge < -0.3 is 9.64 Å². The van der Waals surface area contributed by atoms with E-state index in [9.17, 15) is 9.59 Å². The van der Waals surface area contributed by atoms with Crippen molar-refractivity contribution in [2.24, 2.45) is 0 Å². The predicted molar refractivity (Wildman–Crippen MR) is 107 cm³/mol. The van der Waals surface area contributed by atoms with E-state index in [-0.39, 0.29) is 29.2 Å². The third-order valence-corrected chi connectivity index (χ3v) is 4.97. The maximum atomic E-state index is 13.3. The number of hydrogen-bond donors (Lipinski definition) is 0. The van der Waals surface area contributed by atoms with Crippen molar-refractivity contribution < 1.29 is 9.53 Å². The quantitative estimate of drug-likeness (QED) is 0.704. The van der Waals surface area contributed by atoms with E-state index in [0.29, 0.717) is 25.3 Å². The van der Waals surface area contributed by atoms with Crippen LogP contribution in [0.5, 0.6) is 0 Å². The van der Waals surface area contributed by atoms with Crippen LogP contribution in [0.1, 0.15) is 29.8 Å². The summed E-state index contributed by atoms with van der Waals surface area (Å²) in [6.07, 6.45) is 1.55. The highest BCUT2D eigenvalue weighted by Gasteiger charge is 2.28. The molecule has 0 radical (unpaired) electrons. The zero-order valence-corrected chi connectivity index (χ0v) is 16.0. The lowest BCUT2D eigenvalue weighted by Crippen LogP contribution is -2.49. The SMILES string of the molecule is C[C@@H]1CN(C(=O)c2cc3cccnc3n(Cc3ccccc3)c2=O)C[C@@H](C)O1. The second-order valence-corrected chi connectivity index (χ2v) is 7.32. The average molecular weight is 377 g/mol. The van der Waals surface area contributed by atoms with Crippen LogP contribution in [0, 0.1) is 0 Å². The highest BCUT2D eigenvalue weighted by atomic mass is 16.5. The molecule has 144 valence electrons. The lowest BCUT2D eigenvalue weighted by molar-refractivity contribution is -0.0586. The van der Waals surface area contributed by atoms with Crippen LogP contribution in [0.4, 0.5) is 0 Å². The molecular formula is C22H23N3O3. The zero-order chi connectivity index (χ0) is 19.7. The summed E-state index contributed by atoms with van der Waals surface area (Å²) < 4.78 is 7.31. The highest BCUT2D eigenvalue weighted by Crippen LogP contribution is 2.17. The lowest BCUT2D eigenvalue weighted by atomic mass is 10.1. The van der Waals surface area contributed by atoms with E-state index < -0.39 is 0 Å². The summed E-state index contributed by atoms with van der Waals surface area (Å²) in [5.41, 5.74) is 1.43. The number of ether oxygens (including phenoxy) is 1. The summed E-state index contributed by atoms with van der Waals surface area (Å²) in [4.78, 5) is 32.6. The number of nitrogens with zero attached hydrogens (tertiary/aromatic N) is 3. The Hall–Kier alpha value is -2.99. The molecule has 28 heavy (non-hydrogen) atoms. The number of aromatic nitrogens is 2. The molecule has 4 rings (SSSR count). The van der Waals surface area contributed by atoms with Crippen LogP contribution >= 0.6 is 0 Å². The number of benzene rings is 1. The van der Waals surface area contributed by atoms with E-state index in [1.54, 1.807) is 21.7 Å². The second kappa shape index (κ2) is 7.56. The summed E-state index contributed by atoms with van der Waals surface area (Å²) in [7, 11) is 0. The monoisotopic (exact) mass is 377 g/mol. The van der Waals surface area contributed by atoms with Gasteiger partial charge in [0.05, 0.1) is 18.8 Å². The van der Waals surface area contributed by atoms with Crippen molar-refractivity contribution in [3.63, 3.8) is 0 Å². The van der Waals surface area contributed by atoms with Gasteiger partial charge in [0.25, 0.3) is 11.5 Å². The number of fused-ring (bicyclic) bond motifs is 1. The standard InChI is InChI=1S/C22H23N3O3/c1-15-12-24(13-16(2)28-15)21(26)19-11-18-9-6-10-23-20(18)25(22(19)27)14-17-7-4-3-5-8-17/h3-11,15-16H,12-14H2,1-2H3/t15-,16-/m1/s1. The third kappa shape index (κ3) is 3.55. The fraction of sp³-hybridized carbons (Fsp3) is 0.318. The maximum absolute atomic E-state index is 13.3. The molecule has 6 heteroatoms. The number of hydrogen-bond acceptors (Lipinski definition) is 4. The Morgan fingerprint density at radius 1 is 1.11 bits per heavy atom. The topological polar surface area (TPSA) is 64.4 Å². The minimum absolute atomic E-state index is 0.0543. The van der Waals surface area contributed by atoms with E-state index >= 15 is 0 Å². The molecule has 0 bridgehead atoms. The van der Waals surface area contributed by atoms with Gasteiger partial charge in [-0.3, -0.25) is 14.2 Å². The molecule has 1 fully saturated rings. The molecule has 0 saturated carbocycles. The van der Waals surface area contributed by atoms with Gasteiger partial charge in [0.2, 0.25) is 0 Å². The molecule has 3 aromatic rings. The molecule has 1 aliphatic heterocycles. The van der Waals surface area contributed by atoms with E-state index in [1.807, 2.05) is 56.3 Å². The van der Waals surface area contributed by atoms with Gasteiger partial charge in [-0.1, -0.05) is 30.3 Å². The Bertz CT molecular complexity index is 1050. The first-order valence-electron chi connectivity index (χ1n) is 9.50. The molecule has 1 saturated heterocycles. The Labute approximate surface area is 163 Å². The van der Waals surface area contributed by atoms with Crippen LogP contribution in [0.2, 0.25) is 0 Å². The zero-order valence-electron chi connectivity index (χ0n) is 16.0. The van der Waals surface area contributed by atoms with Crippen molar-refractivity contribution in [3.05, 3.63) is 76.2 Å². The fourth-order valence-corrected chi connectivity index (χ4v) is 3.79. The molecule has 3 heterocycles. The number of amides is 1. The van der Waals surface area contributed by atoms with Gasteiger partial charge in [0, 0.05) is 24.7 Å². The van der Waals surface area contributed by atoms with E-state index in [4.69, 9.17) is 4.74 Å². The molecule has 0 unspecified atom stereocenters. The van der Waals surface area contributed by atoms with Crippen molar-refractivity contribution in [2.45, 2.75) is 32.6 Å². The third-order valence-electron chi connectivity index (χ3n) is 4.97. The Kier molecular flexibility index (Phi) is 4.96. The molecule has 2 aromatic heterocycles. The van der Waals surface area contributed by atoms with Gasteiger partial charge in [-0.25, -0.2) is 4.98 Å². The molecule has 0 N–H and O–H groups in total. The summed E-state index contributed by atoms with van der Waals surface area (Å²) >= 11 is 0. The molecule has 0 aliphatic carbocycles. The van der Waals surface area contributed by atoms with Crippen molar-refractivity contribution in [1.29, 1.82) is 0 Å². The van der Waals surface area contributed by atoms with Gasteiger partial charge in [-0.05, 0) is 37.6 Å². The van der Waals surface area contributed by atoms with Crippen LogP contribution in [-0.2, 0) is 11.3 Å². The number of pyridine rings is 2. The minimum Gasteiger partial charge on any atom is -0.372 e. The summed E-state index contributed by atoms with van der Waals surface area (Å²) in [6.45, 7) is 5.20. The molecular weight excluding hydrogens is 354 g/mol. The Morgan fingerprint density at radius 3 is 2.54 bits per heavy atom. The molecule has 2 atom stereocenters. The summed E-state index contributed by atoms with van der Waals surface area (Å²) in [6, 6.07) is 15.1. The van der Waals surface area contributed by atoms with E-state index in [2.05, 4.69) is 4.98 Å². The van der Waals surface area contributed by atoms with Crippen LogP contribution in [0.25, 0.3) is 11.0 Å². The van der Waals surface area contributed by atoms with Crippen LogP contribution in [-0.4, -0.2) is 45.7 Å². The Balaban J connectivity index is 1.80. The molecule has 6 nitrogen and oxygen atoms in total. The second-order valence-electron chi connectivity index (χ2n) is 7.32. The fourth-order valence-electron chi connectivity index (χ4n) is 3.79. The smallest absolute Gasteiger partial charge is 0.265 e. The first-order valence-corrected chi connectivity index (χ1v) is 9.50. The predicted octanol–water partition coefficient (Wildman–Crippen LogP) is 2.69. The molecule has 0 spiro atoms. The molecule has 1 aromatic carbocycles. The largest absolute Gasteiger partial charge is 0.372 e. The number of carbonyl (C=O) groups is 1. The van der Waals surface area contributed by atoms with E-state index in [1.165, 1.54) is 0 Å². The first-order chi connectivity index (χ1) is 13.5. The average Bonchev–Trinajstić information content (AvgIpc) is 2.69. The summed E-state index contributed by atoms with van der Waals surface area (Å²) in [5, 5.41) is 0.774. The van der Waals surface area contributed by atoms with E-state index in [0.717, 1.165) is 10.9 Å². The van der Waals surface area contributed by atoms with Crippen molar-refractivity contribution in [2.75, 3.05) is 13.1 Å². The molecule has 1 amide bonds. The van der Waals surface area contributed by atoms with Crippen LogP contribution < -0.4 is 5.56 Å². The van der Waals surface area contributed by atoms with Gasteiger partial charge >= 0.3 is 0 Å². The van der Waals surface area contributed by atoms with Crippen LogP contribution in [0.15, 0.2) is 59.5 Å². The van der Waals surface area contributed by atoms with Crippen molar-refractivity contribution >= 4 is 16.9 Å². The van der Waals surface area contributed by atoms with Gasteiger partial charge in [0.1, 0.15) is 11.2 Å². The number of morpholine rings is 1. The molecule has 1 aliphatic rings. The Morgan fingerprint density at radius 2 is 1.82 bits per heavy atom. The lowest BCUT2D eigenvalue weighted by Gasteiger charge is -2.35. The van der Waals surface area contributed by atoms with Gasteiger partial charge in [-0.2, -0.15) is 0 Å². The maximum Gasteiger partial charge on any atom is 0.265 e.